The predicted molar refractivity (Wildman–Crippen MR) is 79.1 cm³/mol. The van der Waals surface area contributed by atoms with E-state index >= 15 is 0 Å². The Morgan fingerprint density at radius 1 is 1.00 bits per heavy atom. The predicted octanol–water partition coefficient (Wildman–Crippen LogP) is 4.13. The lowest BCUT2D eigenvalue weighted by Gasteiger charge is -1.94. The summed E-state index contributed by atoms with van der Waals surface area (Å²) in [5.74, 6) is 0.661. The zero-order valence-corrected chi connectivity index (χ0v) is 11.9. The van der Waals surface area contributed by atoms with Gasteiger partial charge in [-0.2, -0.15) is 0 Å². The van der Waals surface area contributed by atoms with Crippen LogP contribution in [0.1, 0.15) is 19.4 Å². The summed E-state index contributed by atoms with van der Waals surface area (Å²) >= 11 is 0. The van der Waals surface area contributed by atoms with Crippen molar-refractivity contribution in [3.8, 4) is 22.7 Å². The first-order valence-corrected chi connectivity index (χ1v) is 6.63. The summed E-state index contributed by atoms with van der Waals surface area (Å²) < 4.78 is 5.30. The van der Waals surface area contributed by atoms with Gasteiger partial charge in [-0.15, -0.1) is 0 Å². The fourth-order valence-electron chi connectivity index (χ4n) is 1.66. The van der Waals surface area contributed by atoms with Crippen LogP contribution in [0.5, 0.6) is 0 Å². The Hall–Kier alpha value is -2.49. The topological polar surface area (TPSA) is 51.8 Å². The zero-order chi connectivity index (χ0) is 14.4. The molecule has 0 fully saturated rings. The van der Waals surface area contributed by atoms with E-state index in [1.165, 1.54) is 0 Å². The monoisotopic (exact) mass is 267 g/mol. The molecule has 0 aliphatic carbocycles. The molecule has 4 nitrogen and oxygen atoms in total. The summed E-state index contributed by atoms with van der Waals surface area (Å²) in [5, 5.41) is 4.03. The molecule has 0 aliphatic heterocycles. The van der Waals surface area contributed by atoms with Gasteiger partial charge in [-0.25, -0.2) is 0 Å². The second-order valence-electron chi connectivity index (χ2n) is 4.04. The van der Waals surface area contributed by atoms with Crippen LogP contribution >= 0.6 is 0 Å². The summed E-state index contributed by atoms with van der Waals surface area (Å²) in [7, 11) is 0. The maximum absolute atomic E-state index is 5.30. The van der Waals surface area contributed by atoms with Gasteiger partial charge in [-0.1, -0.05) is 25.1 Å². The number of pyridine rings is 2. The van der Waals surface area contributed by atoms with E-state index in [9.17, 15) is 0 Å². The molecule has 0 amide bonds. The van der Waals surface area contributed by atoms with E-state index in [1.807, 2.05) is 57.3 Å². The van der Waals surface area contributed by atoms with E-state index in [0.29, 0.717) is 5.76 Å². The standard InChI is InChI=1S/C14H11N3O.C2H6/c1-10-4-5-12(16-8-10)14-7-13(17-18-14)11-3-2-6-15-9-11;1-2/h2-9H,1H3;1-2H3. The van der Waals surface area contributed by atoms with Crippen LogP contribution in [-0.2, 0) is 0 Å². The fourth-order valence-corrected chi connectivity index (χ4v) is 1.66. The van der Waals surface area contributed by atoms with Crippen molar-refractivity contribution in [2.24, 2.45) is 0 Å². The van der Waals surface area contributed by atoms with Crippen LogP contribution in [0, 0.1) is 6.92 Å². The molecule has 0 saturated carbocycles. The molecule has 0 aromatic carbocycles. The van der Waals surface area contributed by atoms with Gasteiger partial charge in [0, 0.05) is 30.2 Å². The van der Waals surface area contributed by atoms with Gasteiger partial charge in [0.05, 0.1) is 0 Å². The van der Waals surface area contributed by atoms with Crippen molar-refractivity contribution in [1.82, 2.24) is 15.1 Å². The van der Waals surface area contributed by atoms with Gasteiger partial charge in [0.25, 0.3) is 0 Å². The molecule has 0 radical (unpaired) electrons. The molecule has 102 valence electrons. The smallest absolute Gasteiger partial charge is 0.185 e. The van der Waals surface area contributed by atoms with Crippen LogP contribution in [0.25, 0.3) is 22.7 Å². The summed E-state index contributed by atoms with van der Waals surface area (Å²) in [6.45, 7) is 6.00. The maximum Gasteiger partial charge on any atom is 0.185 e. The minimum Gasteiger partial charge on any atom is -0.354 e. The third-order valence-electron chi connectivity index (χ3n) is 2.63. The van der Waals surface area contributed by atoms with Crippen molar-refractivity contribution >= 4 is 0 Å². The van der Waals surface area contributed by atoms with Crippen LogP contribution < -0.4 is 0 Å². The number of aromatic nitrogens is 3. The van der Waals surface area contributed by atoms with Gasteiger partial charge in [-0.3, -0.25) is 9.97 Å². The number of rotatable bonds is 2. The Balaban J connectivity index is 0.000000704. The maximum atomic E-state index is 5.30. The van der Waals surface area contributed by atoms with Gasteiger partial charge in [-0.05, 0) is 30.7 Å². The number of nitrogens with zero attached hydrogens (tertiary/aromatic N) is 3. The highest BCUT2D eigenvalue weighted by atomic mass is 16.5. The van der Waals surface area contributed by atoms with E-state index < -0.39 is 0 Å². The van der Waals surface area contributed by atoms with Crippen LogP contribution in [0.4, 0.5) is 0 Å². The normalized spacial score (nSPS) is 9.75. The van der Waals surface area contributed by atoms with Gasteiger partial charge in [0.15, 0.2) is 5.76 Å². The Labute approximate surface area is 118 Å². The van der Waals surface area contributed by atoms with Crippen molar-refractivity contribution in [2.45, 2.75) is 20.8 Å². The Morgan fingerprint density at radius 2 is 1.85 bits per heavy atom. The lowest BCUT2D eigenvalue weighted by Crippen LogP contribution is -1.81. The third-order valence-corrected chi connectivity index (χ3v) is 2.63. The van der Waals surface area contributed by atoms with Gasteiger partial charge >= 0.3 is 0 Å². The first kappa shape index (κ1) is 13.9. The molecule has 3 aromatic rings. The van der Waals surface area contributed by atoms with Crippen molar-refractivity contribution in [3.05, 3.63) is 54.5 Å². The zero-order valence-electron chi connectivity index (χ0n) is 11.9. The largest absolute Gasteiger partial charge is 0.354 e. The highest BCUT2D eigenvalue weighted by molar-refractivity contribution is 5.64. The van der Waals surface area contributed by atoms with E-state index in [2.05, 4.69) is 15.1 Å². The van der Waals surface area contributed by atoms with Gasteiger partial charge in [0.1, 0.15) is 11.4 Å². The molecule has 3 aromatic heterocycles. The van der Waals surface area contributed by atoms with E-state index in [-0.39, 0.29) is 0 Å². The molecule has 0 spiro atoms. The molecule has 0 unspecified atom stereocenters. The lowest BCUT2D eigenvalue weighted by atomic mass is 10.2. The Morgan fingerprint density at radius 3 is 2.50 bits per heavy atom. The summed E-state index contributed by atoms with van der Waals surface area (Å²) in [5.41, 5.74) is 3.59. The van der Waals surface area contributed by atoms with Gasteiger partial charge in [0.2, 0.25) is 0 Å². The van der Waals surface area contributed by atoms with Crippen molar-refractivity contribution in [3.63, 3.8) is 0 Å². The summed E-state index contributed by atoms with van der Waals surface area (Å²) in [6, 6.07) is 9.59. The molecule has 4 heteroatoms. The molecule has 0 saturated heterocycles. The van der Waals surface area contributed by atoms with Crippen LogP contribution in [-0.4, -0.2) is 15.1 Å². The molecular weight excluding hydrogens is 250 g/mol. The summed E-state index contributed by atoms with van der Waals surface area (Å²) in [4.78, 5) is 8.36. The van der Waals surface area contributed by atoms with Crippen molar-refractivity contribution < 1.29 is 4.52 Å². The van der Waals surface area contributed by atoms with E-state index in [4.69, 9.17) is 4.52 Å². The SMILES string of the molecule is CC.Cc1ccc(-c2cc(-c3cccnc3)no2)nc1. The van der Waals surface area contributed by atoms with Crippen LogP contribution in [0.2, 0.25) is 0 Å². The first-order valence-electron chi connectivity index (χ1n) is 6.63. The van der Waals surface area contributed by atoms with E-state index in [0.717, 1.165) is 22.5 Å². The molecule has 0 atom stereocenters. The molecule has 3 rings (SSSR count). The fraction of sp³-hybridized carbons (Fsp3) is 0.188. The highest BCUT2D eigenvalue weighted by Crippen LogP contribution is 2.23. The molecular formula is C16H17N3O. The molecule has 20 heavy (non-hydrogen) atoms. The van der Waals surface area contributed by atoms with Crippen molar-refractivity contribution in [1.29, 1.82) is 0 Å². The minimum atomic E-state index is 0.661. The summed E-state index contributed by atoms with van der Waals surface area (Å²) in [6.07, 6.45) is 5.29. The molecule has 0 bridgehead atoms. The molecule has 0 aliphatic rings. The number of hydrogen-bond acceptors (Lipinski definition) is 4. The second kappa shape index (κ2) is 6.61. The van der Waals surface area contributed by atoms with E-state index in [1.54, 1.807) is 12.4 Å². The first-order chi connectivity index (χ1) is 9.83. The van der Waals surface area contributed by atoms with Crippen LogP contribution in [0.3, 0.4) is 0 Å². The van der Waals surface area contributed by atoms with Crippen molar-refractivity contribution in [2.75, 3.05) is 0 Å². The lowest BCUT2D eigenvalue weighted by molar-refractivity contribution is 0.433. The Kier molecular flexibility index (Phi) is 4.60. The van der Waals surface area contributed by atoms with Crippen LogP contribution in [0.15, 0.2) is 53.4 Å². The quantitative estimate of drug-likeness (QED) is 0.700. The number of aryl methyl sites for hydroxylation is 1. The molecule has 3 heterocycles. The van der Waals surface area contributed by atoms with Gasteiger partial charge < -0.3 is 4.52 Å². The second-order valence-corrected chi connectivity index (χ2v) is 4.04. The average molecular weight is 267 g/mol. The Bertz CT molecular complexity index is 645. The number of hydrogen-bond donors (Lipinski definition) is 0. The third kappa shape index (κ3) is 3.09. The minimum absolute atomic E-state index is 0.661. The highest BCUT2D eigenvalue weighted by Gasteiger charge is 2.09. The molecule has 0 N–H and O–H groups in total. The average Bonchev–Trinajstić information content (AvgIpc) is 3.01.